The number of rotatable bonds is 6. The monoisotopic (exact) mass is 245 g/mol. The third kappa shape index (κ3) is 11.8. The molecule has 0 aliphatic carbocycles. The molecule has 14 heavy (non-hydrogen) atoms. The first kappa shape index (κ1) is 13.8. The predicted molar refractivity (Wildman–Crippen MR) is 50.5 cm³/mol. The number of nitrogens with one attached hydrogen (secondary N) is 1. The SMILES string of the molecule is O=P(O)(O)C=CCNCCS(=O)(=O)O. The van der Waals surface area contributed by atoms with Gasteiger partial charge in [0.2, 0.25) is 0 Å². The van der Waals surface area contributed by atoms with E-state index in [0.717, 1.165) is 0 Å². The fourth-order valence-electron chi connectivity index (χ4n) is 0.577. The fraction of sp³-hybridized carbons (Fsp3) is 0.600. The molecule has 0 saturated heterocycles. The molecule has 0 aromatic carbocycles. The van der Waals surface area contributed by atoms with Gasteiger partial charge in [0.15, 0.2) is 0 Å². The molecule has 0 radical (unpaired) electrons. The van der Waals surface area contributed by atoms with Gasteiger partial charge in [0.25, 0.3) is 10.1 Å². The Morgan fingerprint density at radius 1 is 1.36 bits per heavy atom. The van der Waals surface area contributed by atoms with Gasteiger partial charge < -0.3 is 15.1 Å². The molecule has 7 nitrogen and oxygen atoms in total. The van der Waals surface area contributed by atoms with Crippen molar-refractivity contribution in [2.24, 2.45) is 0 Å². The average molecular weight is 245 g/mol. The molecular weight excluding hydrogens is 233 g/mol. The van der Waals surface area contributed by atoms with Gasteiger partial charge in [0.05, 0.1) is 5.75 Å². The van der Waals surface area contributed by atoms with E-state index < -0.39 is 23.5 Å². The van der Waals surface area contributed by atoms with Gasteiger partial charge in [0.1, 0.15) is 0 Å². The van der Waals surface area contributed by atoms with E-state index >= 15 is 0 Å². The van der Waals surface area contributed by atoms with Gasteiger partial charge in [-0.05, 0) is 0 Å². The van der Waals surface area contributed by atoms with Crippen molar-refractivity contribution in [1.29, 1.82) is 0 Å². The Bertz CT molecular complexity index is 330. The molecule has 0 saturated carbocycles. The largest absolute Gasteiger partial charge is 0.348 e. The van der Waals surface area contributed by atoms with Crippen LogP contribution in [0.2, 0.25) is 0 Å². The Morgan fingerprint density at radius 2 is 1.93 bits per heavy atom. The summed E-state index contributed by atoms with van der Waals surface area (Å²) >= 11 is 0. The van der Waals surface area contributed by atoms with Crippen molar-refractivity contribution < 1.29 is 27.3 Å². The second kappa shape index (κ2) is 5.59. The fourth-order valence-corrected chi connectivity index (χ4v) is 1.36. The topological polar surface area (TPSA) is 124 Å². The van der Waals surface area contributed by atoms with Gasteiger partial charge in [-0.25, -0.2) is 0 Å². The Labute approximate surface area is 81.7 Å². The van der Waals surface area contributed by atoms with E-state index in [1.807, 2.05) is 0 Å². The Balaban J connectivity index is 3.59. The molecule has 0 atom stereocenters. The summed E-state index contributed by atoms with van der Waals surface area (Å²) in [6.07, 6.45) is 1.19. The van der Waals surface area contributed by atoms with Crippen molar-refractivity contribution >= 4 is 17.7 Å². The molecule has 84 valence electrons. The maximum absolute atomic E-state index is 10.3. The highest BCUT2D eigenvalue weighted by Crippen LogP contribution is 2.35. The molecule has 0 aliphatic rings. The quantitative estimate of drug-likeness (QED) is 0.273. The summed E-state index contributed by atoms with van der Waals surface area (Å²) in [5.74, 6) is 0.282. The van der Waals surface area contributed by atoms with Gasteiger partial charge in [-0.2, -0.15) is 8.42 Å². The lowest BCUT2D eigenvalue weighted by molar-refractivity contribution is 0.386. The van der Waals surface area contributed by atoms with Crippen LogP contribution in [0, 0.1) is 0 Å². The highest BCUT2D eigenvalue weighted by Gasteiger charge is 2.05. The summed E-state index contributed by atoms with van der Waals surface area (Å²) in [4.78, 5) is 16.7. The van der Waals surface area contributed by atoms with Crippen molar-refractivity contribution in [3.05, 3.63) is 11.9 Å². The maximum Gasteiger partial charge on any atom is 0.348 e. The van der Waals surface area contributed by atoms with Crippen LogP contribution < -0.4 is 5.32 Å². The molecule has 0 spiro atoms. The molecule has 0 amide bonds. The average Bonchev–Trinajstić information content (AvgIpc) is 1.92. The molecule has 0 rings (SSSR count). The molecule has 0 unspecified atom stereocenters. The van der Waals surface area contributed by atoms with Crippen molar-refractivity contribution in [3.8, 4) is 0 Å². The standard InChI is InChI=1S/C5H12NO6PS/c7-13(8,9)4-1-2-6-3-5-14(10,11)12/h1,4,6H,2-3,5H2,(H2,7,8,9)(H,10,11,12). The van der Waals surface area contributed by atoms with Crippen LogP contribution in [0.4, 0.5) is 0 Å². The van der Waals surface area contributed by atoms with Crippen LogP contribution in [0.25, 0.3) is 0 Å². The summed E-state index contributed by atoms with van der Waals surface area (Å²) in [7, 11) is -8.11. The van der Waals surface area contributed by atoms with Crippen LogP contribution in [0.5, 0.6) is 0 Å². The summed E-state index contributed by atoms with van der Waals surface area (Å²) in [5, 5.41) is 2.55. The van der Waals surface area contributed by atoms with Gasteiger partial charge in [-0.1, -0.05) is 6.08 Å². The van der Waals surface area contributed by atoms with E-state index in [0.29, 0.717) is 5.82 Å². The highest BCUT2D eigenvalue weighted by molar-refractivity contribution is 7.85. The summed E-state index contributed by atoms with van der Waals surface area (Å²) < 4.78 is 39.0. The smallest absolute Gasteiger partial charge is 0.321 e. The van der Waals surface area contributed by atoms with Crippen molar-refractivity contribution in [1.82, 2.24) is 5.32 Å². The van der Waals surface area contributed by atoms with Crippen molar-refractivity contribution in [3.63, 3.8) is 0 Å². The van der Waals surface area contributed by atoms with Crippen LogP contribution in [0.3, 0.4) is 0 Å². The van der Waals surface area contributed by atoms with Gasteiger partial charge in [-0.3, -0.25) is 9.12 Å². The molecular formula is C5H12NO6PS. The molecule has 9 heteroatoms. The molecule has 0 heterocycles. The minimum atomic E-state index is -4.14. The van der Waals surface area contributed by atoms with E-state index in [-0.39, 0.29) is 13.1 Å². The van der Waals surface area contributed by atoms with Crippen LogP contribution in [0.1, 0.15) is 0 Å². The Morgan fingerprint density at radius 3 is 2.36 bits per heavy atom. The molecule has 0 aliphatic heterocycles. The van der Waals surface area contributed by atoms with E-state index in [1.165, 1.54) is 6.08 Å². The summed E-state index contributed by atoms with van der Waals surface area (Å²) in [6, 6.07) is 0. The minimum absolute atomic E-state index is 0.0182. The van der Waals surface area contributed by atoms with E-state index in [2.05, 4.69) is 5.32 Å². The van der Waals surface area contributed by atoms with Gasteiger partial charge in [0, 0.05) is 18.9 Å². The first-order chi connectivity index (χ1) is 6.21. The van der Waals surface area contributed by atoms with Gasteiger partial charge >= 0.3 is 7.60 Å². The third-order valence-electron chi connectivity index (χ3n) is 1.10. The first-order valence-corrected chi connectivity index (χ1v) is 6.88. The maximum atomic E-state index is 10.3. The molecule has 0 aromatic heterocycles. The van der Waals surface area contributed by atoms with Gasteiger partial charge in [-0.15, -0.1) is 0 Å². The zero-order chi connectivity index (χ0) is 11.2. The normalized spacial score (nSPS) is 13.6. The lowest BCUT2D eigenvalue weighted by atomic mass is 10.6. The van der Waals surface area contributed by atoms with Crippen LogP contribution in [-0.4, -0.2) is 41.6 Å². The van der Waals surface area contributed by atoms with E-state index in [9.17, 15) is 13.0 Å². The Hall–Kier alpha value is -0.240. The second-order valence-corrected chi connectivity index (χ2v) is 5.51. The molecule has 4 N–H and O–H groups in total. The minimum Gasteiger partial charge on any atom is -0.321 e. The van der Waals surface area contributed by atoms with E-state index in [4.69, 9.17) is 14.3 Å². The van der Waals surface area contributed by atoms with Crippen LogP contribution in [-0.2, 0) is 14.7 Å². The Kier molecular flexibility index (Phi) is 5.50. The highest BCUT2D eigenvalue weighted by atomic mass is 32.2. The van der Waals surface area contributed by atoms with Crippen LogP contribution >= 0.6 is 7.60 Å². The first-order valence-electron chi connectivity index (χ1n) is 3.59. The predicted octanol–water partition coefficient (Wildman–Crippen LogP) is -0.845. The molecule has 0 aromatic rings. The zero-order valence-corrected chi connectivity index (χ0v) is 8.91. The second-order valence-electron chi connectivity index (χ2n) is 2.46. The lowest BCUT2D eigenvalue weighted by Gasteiger charge is -1.99. The third-order valence-corrected chi connectivity index (χ3v) is 2.42. The van der Waals surface area contributed by atoms with E-state index in [1.54, 1.807) is 0 Å². The number of hydrogen-bond donors (Lipinski definition) is 4. The molecule has 0 fully saturated rings. The summed E-state index contributed by atoms with van der Waals surface area (Å²) in [5.41, 5.74) is 0. The van der Waals surface area contributed by atoms with Crippen molar-refractivity contribution in [2.45, 2.75) is 0 Å². The molecule has 0 bridgehead atoms. The number of hydrogen-bond acceptors (Lipinski definition) is 4. The summed E-state index contributed by atoms with van der Waals surface area (Å²) in [6.45, 7) is 0.144. The van der Waals surface area contributed by atoms with Crippen molar-refractivity contribution in [2.75, 3.05) is 18.8 Å². The zero-order valence-electron chi connectivity index (χ0n) is 7.20. The van der Waals surface area contributed by atoms with Crippen LogP contribution in [0.15, 0.2) is 11.9 Å². The lowest BCUT2D eigenvalue weighted by Crippen LogP contribution is -2.22.